The standard InChI is InChI=1S/C8H7ClF2N2O/c1-3-4(9)2-5(8(12)14)13-6(3)7(10)11/h2,7H,1H3,(H2,12,14). The lowest BCUT2D eigenvalue weighted by atomic mass is 10.2. The van der Waals surface area contributed by atoms with E-state index in [-0.39, 0.29) is 16.3 Å². The van der Waals surface area contributed by atoms with Gasteiger partial charge >= 0.3 is 0 Å². The van der Waals surface area contributed by atoms with Crippen molar-refractivity contribution < 1.29 is 13.6 Å². The quantitative estimate of drug-likeness (QED) is 0.830. The molecule has 0 bridgehead atoms. The first-order chi connectivity index (χ1) is 6.43. The van der Waals surface area contributed by atoms with Gasteiger partial charge in [0, 0.05) is 5.02 Å². The van der Waals surface area contributed by atoms with Gasteiger partial charge in [0.1, 0.15) is 11.4 Å². The van der Waals surface area contributed by atoms with E-state index < -0.39 is 18.0 Å². The largest absolute Gasteiger partial charge is 0.364 e. The third kappa shape index (κ3) is 1.98. The van der Waals surface area contributed by atoms with Crippen molar-refractivity contribution in [1.29, 1.82) is 0 Å². The van der Waals surface area contributed by atoms with Gasteiger partial charge in [-0.3, -0.25) is 4.79 Å². The Morgan fingerprint density at radius 2 is 2.21 bits per heavy atom. The van der Waals surface area contributed by atoms with Crippen LogP contribution in [0.1, 0.15) is 28.2 Å². The second-order valence-corrected chi connectivity index (χ2v) is 3.07. The maximum absolute atomic E-state index is 12.4. The van der Waals surface area contributed by atoms with Gasteiger partial charge in [0.2, 0.25) is 0 Å². The predicted octanol–water partition coefficient (Wildman–Crippen LogP) is 2.08. The molecular formula is C8H7ClF2N2O. The van der Waals surface area contributed by atoms with Gasteiger partial charge in [0.05, 0.1) is 0 Å². The Labute approximate surface area is 83.9 Å². The molecule has 1 aromatic rings. The first kappa shape index (κ1) is 10.8. The number of hydrogen-bond acceptors (Lipinski definition) is 2. The van der Waals surface area contributed by atoms with Gasteiger partial charge in [0.25, 0.3) is 12.3 Å². The SMILES string of the molecule is Cc1c(Cl)cc(C(N)=O)nc1C(F)F. The van der Waals surface area contributed by atoms with Crippen LogP contribution in [0.2, 0.25) is 5.02 Å². The number of aromatic nitrogens is 1. The molecule has 1 rings (SSSR count). The summed E-state index contributed by atoms with van der Waals surface area (Å²) < 4.78 is 24.8. The molecular weight excluding hydrogens is 214 g/mol. The number of carbonyl (C=O) groups excluding carboxylic acids is 1. The molecule has 0 aliphatic rings. The van der Waals surface area contributed by atoms with Crippen LogP contribution in [-0.4, -0.2) is 10.9 Å². The minimum absolute atomic E-state index is 0.0594. The van der Waals surface area contributed by atoms with Gasteiger partial charge in [-0.15, -0.1) is 0 Å². The highest BCUT2D eigenvalue weighted by atomic mass is 35.5. The summed E-state index contributed by atoms with van der Waals surface area (Å²) in [5.74, 6) is -0.881. The van der Waals surface area contributed by atoms with E-state index >= 15 is 0 Å². The van der Waals surface area contributed by atoms with Gasteiger partial charge in [-0.2, -0.15) is 0 Å². The molecule has 1 aromatic heterocycles. The van der Waals surface area contributed by atoms with Crippen LogP contribution in [0.3, 0.4) is 0 Å². The molecule has 0 radical (unpaired) electrons. The molecule has 14 heavy (non-hydrogen) atoms. The Morgan fingerprint density at radius 1 is 1.64 bits per heavy atom. The second-order valence-electron chi connectivity index (χ2n) is 2.66. The van der Waals surface area contributed by atoms with E-state index in [9.17, 15) is 13.6 Å². The van der Waals surface area contributed by atoms with Crippen LogP contribution in [0, 0.1) is 6.92 Å². The van der Waals surface area contributed by atoms with Crippen LogP contribution in [0.15, 0.2) is 6.07 Å². The van der Waals surface area contributed by atoms with Crippen molar-refractivity contribution in [2.45, 2.75) is 13.3 Å². The Balaban J connectivity index is 3.35. The molecule has 1 heterocycles. The van der Waals surface area contributed by atoms with Gasteiger partial charge in [-0.1, -0.05) is 11.6 Å². The first-order valence-electron chi connectivity index (χ1n) is 3.68. The molecule has 0 spiro atoms. The molecule has 0 fully saturated rings. The fraction of sp³-hybridized carbons (Fsp3) is 0.250. The lowest BCUT2D eigenvalue weighted by Crippen LogP contribution is -2.14. The van der Waals surface area contributed by atoms with E-state index in [0.717, 1.165) is 0 Å². The highest BCUT2D eigenvalue weighted by Gasteiger charge is 2.17. The van der Waals surface area contributed by atoms with Crippen molar-refractivity contribution >= 4 is 17.5 Å². The molecule has 0 aliphatic heterocycles. The Hall–Kier alpha value is -1.23. The lowest BCUT2D eigenvalue weighted by molar-refractivity contribution is 0.0993. The summed E-state index contributed by atoms with van der Waals surface area (Å²) in [6.07, 6.45) is -2.77. The molecule has 0 unspecified atom stereocenters. The summed E-state index contributed by atoms with van der Waals surface area (Å²) >= 11 is 5.63. The van der Waals surface area contributed by atoms with Crippen LogP contribution in [0.25, 0.3) is 0 Å². The Morgan fingerprint density at radius 3 is 2.64 bits per heavy atom. The number of carbonyl (C=O) groups is 1. The summed E-state index contributed by atoms with van der Waals surface area (Å²) in [5, 5.41) is 0.0594. The van der Waals surface area contributed by atoms with Crippen molar-refractivity contribution in [1.82, 2.24) is 4.98 Å². The minimum atomic E-state index is -2.77. The number of nitrogens with two attached hydrogens (primary N) is 1. The fourth-order valence-corrected chi connectivity index (χ4v) is 1.14. The van der Waals surface area contributed by atoms with Crippen LogP contribution < -0.4 is 5.73 Å². The third-order valence-corrected chi connectivity index (χ3v) is 2.10. The average Bonchev–Trinajstić information content (AvgIpc) is 2.08. The summed E-state index contributed by atoms with van der Waals surface area (Å²) in [5.41, 5.74) is 4.29. The van der Waals surface area contributed by atoms with Crippen molar-refractivity contribution in [3.05, 3.63) is 28.0 Å². The molecule has 76 valence electrons. The van der Waals surface area contributed by atoms with Crippen LogP contribution in [0.5, 0.6) is 0 Å². The van der Waals surface area contributed by atoms with E-state index in [1.54, 1.807) is 0 Å². The zero-order valence-corrected chi connectivity index (χ0v) is 7.98. The Bertz CT molecular complexity index is 382. The number of halogens is 3. The Kier molecular flexibility index (Phi) is 3.00. The van der Waals surface area contributed by atoms with Crippen LogP contribution in [0.4, 0.5) is 8.78 Å². The van der Waals surface area contributed by atoms with Crippen molar-refractivity contribution in [2.75, 3.05) is 0 Å². The summed E-state index contributed by atoms with van der Waals surface area (Å²) in [4.78, 5) is 14.1. The van der Waals surface area contributed by atoms with Crippen LogP contribution >= 0.6 is 11.6 Å². The smallest absolute Gasteiger partial charge is 0.280 e. The number of alkyl halides is 2. The first-order valence-corrected chi connectivity index (χ1v) is 4.06. The van der Waals surface area contributed by atoms with Crippen molar-refractivity contribution in [3.63, 3.8) is 0 Å². The average molecular weight is 221 g/mol. The number of amides is 1. The molecule has 0 atom stereocenters. The number of hydrogen-bond donors (Lipinski definition) is 1. The molecule has 2 N–H and O–H groups in total. The molecule has 3 nitrogen and oxygen atoms in total. The van der Waals surface area contributed by atoms with E-state index in [2.05, 4.69) is 4.98 Å². The van der Waals surface area contributed by atoms with E-state index in [4.69, 9.17) is 17.3 Å². The molecule has 1 amide bonds. The number of primary amides is 1. The van der Waals surface area contributed by atoms with E-state index in [1.165, 1.54) is 13.0 Å². The van der Waals surface area contributed by atoms with Crippen molar-refractivity contribution in [2.24, 2.45) is 5.73 Å². The summed E-state index contributed by atoms with van der Waals surface area (Å²) in [7, 11) is 0. The van der Waals surface area contributed by atoms with Gasteiger partial charge in [-0.05, 0) is 18.6 Å². The van der Waals surface area contributed by atoms with Gasteiger partial charge in [0.15, 0.2) is 0 Å². The van der Waals surface area contributed by atoms with E-state index in [0.29, 0.717) is 0 Å². The lowest BCUT2D eigenvalue weighted by Gasteiger charge is -2.07. The topological polar surface area (TPSA) is 56.0 Å². The molecule has 0 saturated heterocycles. The second kappa shape index (κ2) is 3.88. The monoisotopic (exact) mass is 220 g/mol. The third-order valence-electron chi connectivity index (χ3n) is 1.71. The summed E-state index contributed by atoms with van der Waals surface area (Å²) in [6, 6.07) is 1.17. The fourth-order valence-electron chi connectivity index (χ4n) is 0.935. The van der Waals surface area contributed by atoms with Crippen LogP contribution in [-0.2, 0) is 0 Å². The molecule has 0 aromatic carbocycles. The number of rotatable bonds is 2. The molecule has 6 heteroatoms. The van der Waals surface area contributed by atoms with Gasteiger partial charge < -0.3 is 5.73 Å². The molecule has 0 saturated carbocycles. The van der Waals surface area contributed by atoms with E-state index in [1.807, 2.05) is 0 Å². The summed E-state index contributed by atoms with van der Waals surface area (Å²) in [6.45, 7) is 1.40. The number of nitrogens with zero attached hydrogens (tertiary/aromatic N) is 1. The predicted molar refractivity (Wildman–Crippen MR) is 47.5 cm³/mol. The van der Waals surface area contributed by atoms with Gasteiger partial charge in [-0.25, -0.2) is 13.8 Å². The normalized spacial score (nSPS) is 10.6. The maximum atomic E-state index is 12.4. The number of pyridine rings is 1. The zero-order valence-electron chi connectivity index (χ0n) is 7.22. The highest BCUT2D eigenvalue weighted by molar-refractivity contribution is 6.31. The molecule has 0 aliphatic carbocycles. The zero-order chi connectivity index (χ0) is 10.9. The maximum Gasteiger partial charge on any atom is 0.280 e. The minimum Gasteiger partial charge on any atom is -0.364 e. The highest BCUT2D eigenvalue weighted by Crippen LogP contribution is 2.26. The van der Waals surface area contributed by atoms with Crippen molar-refractivity contribution in [3.8, 4) is 0 Å².